The Bertz CT molecular complexity index is 2700. The largest absolute Gasteiger partial charge is 0.494 e. The number of benzene rings is 2. The SMILES string of the molecule is CCCCCCCCCCCCCCCCOc1ccc(C(C(N)=O)C(N)(CCN2C(NC(OCCCCCCCCCC)(C(=O)N(OCCCCCCCCCC)OCCCCCCCCCC)c3ccc(OCCCCCCCCCC)c(OCCCCCCCCCC)c3OCCCCCCCCCC)CC2C(=O)O)C(=O)O)cc1. The maximum atomic E-state index is 17.2. The quantitative estimate of drug-likeness (QED) is 0.0235. The summed E-state index contributed by atoms with van der Waals surface area (Å²) in [7, 11) is 0. The number of nitrogens with zero attached hydrogens (tertiary/aromatic N) is 2. The lowest BCUT2D eigenvalue weighted by atomic mass is 9.76. The monoisotopic (exact) mass is 1660 g/mol. The summed E-state index contributed by atoms with van der Waals surface area (Å²) in [5, 5.41) is 27.4. The Morgan fingerprint density at radius 2 is 0.720 bits per heavy atom. The van der Waals surface area contributed by atoms with Gasteiger partial charge < -0.3 is 45.4 Å². The van der Waals surface area contributed by atoms with Gasteiger partial charge in [0.2, 0.25) is 17.4 Å². The normalized spacial score (nSPS) is 14.9. The summed E-state index contributed by atoms with van der Waals surface area (Å²) in [6.45, 7) is 17.5. The molecule has 2 aromatic carbocycles. The zero-order valence-corrected chi connectivity index (χ0v) is 77.0. The zero-order valence-electron chi connectivity index (χ0n) is 77.0. The van der Waals surface area contributed by atoms with Gasteiger partial charge in [-0.3, -0.25) is 29.4 Å². The third-order valence-corrected chi connectivity index (χ3v) is 24.3. The van der Waals surface area contributed by atoms with E-state index in [0.717, 1.165) is 166 Å². The maximum absolute atomic E-state index is 17.2. The fraction of sp³-hybridized carbons (Fsp3) is 0.840. The number of carbonyl (C=O) groups excluding carboxylic acids is 2. The van der Waals surface area contributed by atoms with E-state index in [1.54, 1.807) is 29.2 Å². The van der Waals surface area contributed by atoms with E-state index in [2.05, 4.69) is 53.8 Å². The van der Waals surface area contributed by atoms with E-state index >= 15 is 4.79 Å². The van der Waals surface area contributed by atoms with Gasteiger partial charge in [0.25, 0.3) is 0 Å². The lowest BCUT2D eigenvalue weighted by Gasteiger charge is -2.51. The first-order valence-electron chi connectivity index (χ1n) is 49.8. The van der Waals surface area contributed by atoms with E-state index in [9.17, 15) is 24.6 Å². The number of hydrogen-bond acceptors (Lipinski definition) is 14. The Kier molecular flexibility index (Phi) is 66.2. The molecule has 3 rings (SSSR count). The van der Waals surface area contributed by atoms with Gasteiger partial charge in [-0.15, -0.1) is 0 Å². The molecule has 0 aromatic heterocycles. The van der Waals surface area contributed by atoms with Crippen molar-refractivity contribution >= 4 is 23.8 Å². The molecule has 0 saturated carbocycles. The molecule has 1 aliphatic rings. The third-order valence-electron chi connectivity index (χ3n) is 24.3. The molecule has 18 nitrogen and oxygen atoms in total. The maximum Gasteiger partial charge on any atom is 0.325 e. The zero-order chi connectivity index (χ0) is 85.5. The molecule has 2 aromatic rings. The summed E-state index contributed by atoms with van der Waals surface area (Å²) in [5.41, 5.74) is 9.39. The summed E-state index contributed by atoms with van der Waals surface area (Å²) in [6, 6.07) is 9.27. The topological polar surface area (TPSA) is 244 Å². The molecular weight excluding hydrogens is 1480 g/mol. The summed E-state index contributed by atoms with van der Waals surface area (Å²) in [4.78, 5) is 74.1. The number of aliphatic carboxylic acids is 2. The minimum absolute atomic E-state index is 0.0372. The molecule has 5 atom stereocenters. The Labute approximate surface area is 721 Å². The smallest absolute Gasteiger partial charge is 0.325 e. The van der Waals surface area contributed by atoms with Crippen molar-refractivity contribution in [3.63, 3.8) is 0 Å². The van der Waals surface area contributed by atoms with Crippen molar-refractivity contribution in [1.82, 2.24) is 15.4 Å². The van der Waals surface area contributed by atoms with E-state index in [4.69, 9.17) is 44.8 Å². The molecule has 0 bridgehead atoms. The minimum Gasteiger partial charge on any atom is -0.494 e. The van der Waals surface area contributed by atoms with Crippen LogP contribution in [0.25, 0.3) is 0 Å². The highest BCUT2D eigenvalue weighted by atomic mass is 17.0. The van der Waals surface area contributed by atoms with E-state index in [1.165, 1.54) is 218 Å². The van der Waals surface area contributed by atoms with Gasteiger partial charge in [0.05, 0.1) is 57.3 Å². The molecule has 1 heterocycles. The van der Waals surface area contributed by atoms with Crippen LogP contribution in [0, 0.1) is 0 Å². The van der Waals surface area contributed by atoms with Crippen LogP contribution in [0.4, 0.5) is 0 Å². The van der Waals surface area contributed by atoms with Gasteiger partial charge in [-0.2, -0.15) is 0 Å². The van der Waals surface area contributed by atoms with Gasteiger partial charge >= 0.3 is 17.8 Å². The van der Waals surface area contributed by atoms with Gasteiger partial charge in [-0.1, -0.05) is 419 Å². The summed E-state index contributed by atoms with van der Waals surface area (Å²) >= 11 is 0. The van der Waals surface area contributed by atoms with Crippen LogP contribution in [0.2, 0.25) is 0 Å². The number of carbonyl (C=O) groups is 4. The second-order valence-electron chi connectivity index (χ2n) is 34.9. The molecule has 18 heteroatoms. The van der Waals surface area contributed by atoms with Crippen LogP contribution in [0.3, 0.4) is 0 Å². The number of carboxylic acids is 2. The number of nitrogens with two attached hydrogens (primary N) is 2. The molecule has 0 radical (unpaired) electrons. The highest BCUT2D eigenvalue weighted by Crippen LogP contribution is 2.48. The van der Waals surface area contributed by atoms with Crippen LogP contribution in [-0.2, 0) is 39.3 Å². The summed E-state index contributed by atoms with van der Waals surface area (Å²) in [6.07, 6.45) is 67.6. The number of ether oxygens (including phenoxy) is 5. The Morgan fingerprint density at radius 1 is 0.407 bits per heavy atom. The second-order valence-corrected chi connectivity index (χ2v) is 34.9. The number of carboxylic acid groups (broad SMARTS) is 2. The van der Waals surface area contributed by atoms with E-state index in [1.807, 2.05) is 12.1 Å². The van der Waals surface area contributed by atoms with Gasteiger partial charge in [0.1, 0.15) is 17.3 Å². The van der Waals surface area contributed by atoms with Crippen molar-refractivity contribution in [2.24, 2.45) is 11.5 Å². The van der Waals surface area contributed by atoms with E-state index < -0.39 is 59.6 Å². The first-order valence-corrected chi connectivity index (χ1v) is 49.8. The molecule has 684 valence electrons. The molecule has 118 heavy (non-hydrogen) atoms. The number of unbranched alkanes of at least 4 members (excludes halogenated alkanes) is 55. The number of hydroxylamine groups is 2. The third kappa shape index (κ3) is 47.2. The highest BCUT2D eigenvalue weighted by molar-refractivity contribution is 5.93. The van der Waals surface area contributed by atoms with Gasteiger partial charge in [0, 0.05) is 19.6 Å². The predicted molar refractivity (Wildman–Crippen MR) is 488 cm³/mol. The number of primary amides is 1. The number of amides is 2. The van der Waals surface area contributed by atoms with Crippen molar-refractivity contribution in [3.8, 4) is 23.0 Å². The summed E-state index contributed by atoms with van der Waals surface area (Å²) in [5.74, 6) is -4.13. The number of likely N-dealkylation sites (tertiary alicyclic amines) is 1. The molecular formula is C100H181N5O13. The fourth-order valence-electron chi connectivity index (χ4n) is 16.5. The fourth-order valence-corrected chi connectivity index (χ4v) is 16.5. The van der Waals surface area contributed by atoms with Crippen molar-refractivity contribution in [2.75, 3.05) is 52.8 Å². The molecule has 1 fully saturated rings. The molecule has 1 saturated heterocycles. The Morgan fingerprint density at radius 3 is 1.06 bits per heavy atom. The van der Waals surface area contributed by atoms with Gasteiger partial charge in [-0.25, -0.2) is 9.68 Å². The first kappa shape index (κ1) is 107. The first-order chi connectivity index (χ1) is 57.7. The molecule has 2 amide bonds. The van der Waals surface area contributed by atoms with Crippen LogP contribution in [0.1, 0.15) is 476 Å². The second kappa shape index (κ2) is 72.7. The van der Waals surface area contributed by atoms with Crippen LogP contribution in [0.15, 0.2) is 36.4 Å². The Balaban J connectivity index is 2.34. The lowest BCUT2D eigenvalue weighted by Crippen LogP contribution is -2.72. The average Bonchev–Trinajstić information content (AvgIpc) is 0.737. The van der Waals surface area contributed by atoms with Crippen LogP contribution >= 0.6 is 0 Å². The average molecular weight is 1660 g/mol. The van der Waals surface area contributed by atoms with Gasteiger partial charge in [0.15, 0.2) is 11.5 Å². The molecule has 0 spiro atoms. The minimum atomic E-state index is -2.34. The summed E-state index contributed by atoms with van der Waals surface area (Å²) < 4.78 is 35.1. The number of nitrogens with one attached hydrogen (secondary N) is 1. The lowest BCUT2D eigenvalue weighted by molar-refractivity contribution is -0.353. The highest BCUT2D eigenvalue weighted by Gasteiger charge is 2.56. The predicted octanol–water partition coefficient (Wildman–Crippen LogP) is 26.9. The van der Waals surface area contributed by atoms with Crippen LogP contribution in [-0.4, -0.2) is 115 Å². The van der Waals surface area contributed by atoms with E-state index in [-0.39, 0.29) is 56.3 Å². The van der Waals surface area contributed by atoms with Crippen molar-refractivity contribution in [3.05, 3.63) is 47.5 Å². The molecule has 7 N–H and O–H groups in total. The standard InChI is InChI=1S/C100H181N5O13/c1-8-15-22-29-36-43-44-45-46-47-48-52-56-63-78-112-87-72-70-86(71-73-87)92(95(101)106)99(102,98(110)111)76-77-104-89(96(107)108)85-91(104)103-100(116-82-67-60-53-40-33-26-19-12-5,97(109)105(117-83-68-61-54-41-34-27-20-13-6)118-84-69-62-55-42-35-28-21-14-7)88-74-75-90(113-79-64-57-49-37-30-23-16-9-2)94(115-81-66-59-51-39-32-25-18-11-4)93(88)114-80-65-58-50-38-31-24-17-10-3/h70-75,89,91-92,103H,8-69,76-85,102H2,1-7H3,(H2,101,106)(H,107,108)(H,110,111). The van der Waals surface area contributed by atoms with Gasteiger partial charge in [-0.05, 0) is 81.2 Å². The van der Waals surface area contributed by atoms with Crippen molar-refractivity contribution < 1.29 is 62.8 Å². The number of hydrogen-bond donors (Lipinski definition) is 5. The Hall–Kier alpha value is -4.72. The molecule has 5 unspecified atom stereocenters. The van der Waals surface area contributed by atoms with Crippen LogP contribution < -0.4 is 35.7 Å². The van der Waals surface area contributed by atoms with Crippen LogP contribution in [0.5, 0.6) is 23.0 Å². The molecule has 0 aliphatic carbocycles. The van der Waals surface area contributed by atoms with Crippen molar-refractivity contribution in [2.45, 2.75) is 489 Å². The number of rotatable bonds is 88. The van der Waals surface area contributed by atoms with Crippen molar-refractivity contribution in [1.29, 1.82) is 0 Å². The molecule has 1 aliphatic heterocycles. The van der Waals surface area contributed by atoms with E-state index in [0.29, 0.717) is 56.3 Å².